The van der Waals surface area contributed by atoms with E-state index in [-0.39, 0.29) is 22.6 Å². The van der Waals surface area contributed by atoms with E-state index in [0.717, 1.165) is 6.21 Å². The van der Waals surface area contributed by atoms with E-state index in [1.165, 1.54) is 40.6 Å². The number of H-pyrrole nitrogens is 2. The number of carbonyl (C=O) groups is 1. The zero-order chi connectivity index (χ0) is 42.8. The number of hydrogen-bond acceptors (Lipinski definition) is 14. The Morgan fingerprint density at radius 2 is 1.32 bits per heavy atom. The molecule has 18 nitrogen and oxygen atoms in total. The summed E-state index contributed by atoms with van der Waals surface area (Å²) in [5, 5.41) is 32.1. The Labute approximate surface area is 327 Å². The molecule has 2 aromatic rings. The minimum atomic E-state index is -2.34. The lowest BCUT2D eigenvalue weighted by molar-refractivity contribution is -0.153. The average molecular weight is 823 g/mol. The van der Waals surface area contributed by atoms with Gasteiger partial charge in [0.2, 0.25) is 5.60 Å². The van der Waals surface area contributed by atoms with Crippen LogP contribution in [0.3, 0.4) is 0 Å². The number of hydrogen-bond donors (Lipinski definition) is 4. The smallest absolute Gasteiger partial charge is 0.330 e. The standard InChI is InChI=1S/C19H29N3O6Si.C17H29N3O6Si/c1-12-15(28-29(6,7)18(3,4)5)19(10-20,11-26-13(2)23)27-16(12)22-9-8-14(24)21-17(22)25;1-11-13(26-27(5,6)16(2,3)4)17(10-21,9-18-24)25-14(11)20-8-7-12(22)19-15(20)23/h8-9,12,15-16H,11H2,1-7H3,(H,21,24,25);7-9,11,13-14,21,24H,10H2,1-6H3,(H,19,22,23)/b;18-9+. The Morgan fingerprint density at radius 1 is 0.893 bits per heavy atom. The molecule has 2 aliphatic rings. The van der Waals surface area contributed by atoms with Gasteiger partial charge in [0.25, 0.3) is 11.1 Å². The summed E-state index contributed by atoms with van der Waals surface area (Å²) in [6.45, 7) is 24.8. The largest absolute Gasteiger partial charge is 0.462 e. The topological polar surface area (TPSA) is 250 Å². The number of aliphatic hydroxyl groups excluding tert-OH is 1. The Morgan fingerprint density at radius 3 is 1.70 bits per heavy atom. The van der Waals surface area contributed by atoms with E-state index in [1.807, 2.05) is 26.9 Å². The molecule has 20 heteroatoms. The molecule has 56 heavy (non-hydrogen) atoms. The highest BCUT2D eigenvalue weighted by Crippen LogP contribution is 2.48. The highest BCUT2D eigenvalue weighted by Gasteiger charge is 2.59. The van der Waals surface area contributed by atoms with Crippen molar-refractivity contribution < 1.29 is 38.2 Å². The molecular weight excluding hydrogens is 765 g/mol. The van der Waals surface area contributed by atoms with E-state index in [4.69, 9.17) is 28.3 Å². The van der Waals surface area contributed by atoms with Crippen LogP contribution in [0.5, 0.6) is 0 Å². The van der Waals surface area contributed by atoms with Crippen molar-refractivity contribution >= 4 is 28.8 Å². The molecule has 4 N–H and O–H groups in total. The van der Waals surface area contributed by atoms with Gasteiger partial charge in [0, 0.05) is 43.3 Å². The number of nitriles is 1. The fraction of sp³-hybridized carbons (Fsp3) is 0.694. The van der Waals surface area contributed by atoms with Gasteiger partial charge in [-0.05, 0) is 36.3 Å². The molecule has 312 valence electrons. The molecule has 2 saturated heterocycles. The zero-order valence-electron chi connectivity index (χ0n) is 34.5. The van der Waals surface area contributed by atoms with Crippen molar-refractivity contribution in [1.82, 2.24) is 19.1 Å². The number of aromatic amines is 2. The average Bonchev–Trinajstić information content (AvgIpc) is 3.49. The minimum absolute atomic E-state index is 0.100. The number of rotatable bonds is 10. The van der Waals surface area contributed by atoms with Crippen molar-refractivity contribution in [2.24, 2.45) is 17.0 Å². The molecule has 0 aromatic carbocycles. The van der Waals surface area contributed by atoms with Crippen LogP contribution in [0.25, 0.3) is 0 Å². The highest BCUT2D eigenvalue weighted by molar-refractivity contribution is 6.74. The molecule has 0 saturated carbocycles. The van der Waals surface area contributed by atoms with Crippen molar-refractivity contribution in [3.05, 3.63) is 66.2 Å². The molecule has 0 amide bonds. The molecule has 8 unspecified atom stereocenters. The summed E-state index contributed by atoms with van der Waals surface area (Å²) in [6, 6.07) is 4.56. The SMILES string of the molecule is CC(=O)OCC1(C#N)OC(n2ccc(=O)[nH]c2=O)C(C)C1O[Si](C)(C)C(C)(C)C.CC1C(n2ccc(=O)[nH]c2=O)OC(/C=N/O)(CO)C1O[Si](C)(C)C(C)(C)C. The fourth-order valence-corrected chi connectivity index (χ4v) is 8.84. The summed E-state index contributed by atoms with van der Waals surface area (Å²) in [5.41, 5.74) is -5.31. The lowest BCUT2D eigenvalue weighted by atomic mass is 9.92. The van der Waals surface area contributed by atoms with Crippen molar-refractivity contribution in [2.45, 2.75) is 134 Å². The highest BCUT2D eigenvalue weighted by atomic mass is 28.4. The maximum absolute atomic E-state index is 12.3. The summed E-state index contributed by atoms with van der Waals surface area (Å²) in [7, 11) is -4.62. The maximum atomic E-state index is 12.3. The first-order valence-electron chi connectivity index (χ1n) is 18.3. The quantitative estimate of drug-likeness (QED) is 0.0885. The third-order valence-corrected chi connectivity index (χ3v) is 20.3. The number of carbonyl (C=O) groups excluding carboxylic acids is 1. The fourth-order valence-electron chi connectivity index (χ4n) is 6.05. The van der Waals surface area contributed by atoms with E-state index in [9.17, 15) is 34.3 Å². The first-order chi connectivity index (χ1) is 25.6. The van der Waals surface area contributed by atoms with Crippen LogP contribution in [0, 0.1) is 23.2 Å². The van der Waals surface area contributed by atoms with Gasteiger partial charge < -0.3 is 33.4 Å². The number of aromatic nitrogens is 4. The molecule has 0 aliphatic carbocycles. The van der Waals surface area contributed by atoms with Gasteiger partial charge in [-0.15, -0.1) is 0 Å². The molecule has 8 atom stereocenters. The lowest BCUT2D eigenvalue weighted by Gasteiger charge is -2.42. The molecule has 2 fully saturated rings. The van der Waals surface area contributed by atoms with Crippen LogP contribution in [0.1, 0.15) is 74.8 Å². The van der Waals surface area contributed by atoms with Crippen LogP contribution in [0.15, 0.2) is 48.9 Å². The second-order valence-corrected chi connectivity index (χ2v) is 27.0. The number of ether oxygens (including phenoxy) is 3. The molecular formula is C36H58N6O12Si2. The zero-order valence-corrected chi connectivity index (χ0v) is 36.5. The lowest BCUT2D eigenvalue weighted by Crippen LogP contribution is -2.54. The Bertz CT molecular complexity index is 2020. The molecule has 0 bridgehead atoms. The van der Waals surface area contributed by atoms with Gasteiger partial charge in [-0.3, -0.25) is 33.5 Å². The first-order valence-corrected chi connectivity index (χ1v) is 24.1. The normalized spacial score (nSPS) is 28.4. The van der Waals surface area contributed by atoms with Crippen molar-refractivity contribution in [2.75, 3.05) is 13.2 Å². The summed E-state index contributed by atoms with van der Waals surface area (Å²) in [6.07, 6.45) is 0.705. The summed E-state index contributed by atoms with van der Waals surface area (Å²) in [5.74, 6) is -1.34. The van der Waals surface area contributed by atoms with E-state index in [2.05, 4.69) is 75.8 Å². The Kier molecular flexibility index (Phi) is 14.0. The number of nitrogens with one attached hydrogen (secondary N) is 2. The molecule has 0 radical (unpaired) electrons. The van der Waals surface area contributed by atoms with E-state index < -0.39 is 93.5 Å². The van der Waals surface area contributed by atoms with Crippen molar-refractivity contribution in [3.63, 3.8) is 0 Å². The van der Waals surface area contributed by atoms with Crippen LogP contribution in [0.2, 0.25) is 36.3 Å². The summed E-state index contributed by atoms with van der Waals surface area (Å²) < 4.78 is 32.7. The van der Waals surface area contributed by atoms with Gasteiger partial charge in [0.15, 0.2) is 22.2 Å². The van der Waals surface area contributed by atoms with Crippen LogP contribution < -0.4 is 22.5 Å². The van der Waals surface area contributed by atoms with Gasteiger partial charge >= 0.3 is 17.3 Å². The van der Waals surface area contributed by atoms with Gasteiger partial charge in [-0.1, -0.05) is 60.5 Å². The van der Waals surface area contributed by atoms with Crippen LogP contribution in [-0.4, -0.2) is 94.9 Å². The van der Waals surface area contributed by atoms with E-state index in [0.29, 0.717) is 0 Å². The third-order valence-electron chi connectivity index (χ3n) is 11.4. The van der Waals surface area contributed by atoms with Crippen LogP contribution in [0.4, 0.5) is 0 Å². The van der Waals surface area contributed by atoms with Gasteiger partial charge in [0.05, 0.1) is 25.0 Å². The van der Waals surface area contributed by atoms with Gasteiger partial charge in [0.1, 0.15) is 25.1 Å². The molecule has 0 spiro atoms. The molecule has 4 rings (SSSR count). The van der Waals surface area contributed by atoms with Crippen molar-refractivity contribution in [3.8, 4) is 6.07 Å². The minimum Gasteiger partial charge on any atom is -0.462 e. The van der Waals surface area contributed by atoms with Crippen LogP contribution in [-0.2, 0) is 27.9 Å². The number of esters is 1. The maximum Gasteiger partial charge on any atom is 0.330 e. The third kappa shape index (κ3) is 9.58. The molecule has 2 aliphatic heterocycles. The van der Waals surface area contributed by atoms with Crippen LogP contribution >= 0.6 is 0 Å². The second-order valence-electron chi connectivity index (χ2n) is 17.5. The monoisotopic (exact) mass is 822 g/mol. The molecule has 2 aromatic heterocycles. The predicted octanol–water partition coefficient (Wildman–Crippen LogP) is 3.20. The summed E-state index contributed by atoms with van der Waals surface area (Å²) >= 11 is 0. The van der Waals surface area contributed by atoms with Gasteiger partial charge in [-0.2, -0.15) is 5.26 Å². The van der Waals surface area contributed by atoms with Crippen molar-refractivity contribution in [1.29, 1.82) is 5.26 Å². The second kappa shape index (κ2) is 16.9. The van der Waals surface area contributed by atoms with Gasteiger partial charge in [-0.25, -0.2) is 9.59 Å². The number of aliphatic hydroxyl groups is 1. The Balaban J connectivity index is 0.000000301. The number of nitrogens with zero attached hydrogens (tertiary/aromatic N) is 4. The first kappa shape index (κ1) is 46.4. The van der Waals surface area contributed by atoms with E-state index >= 15 is 0 Å². The predicted molar refractivity (Wildman–Crippen MR) is 210 cm³/mol. The Hall–Kier alpha value is -3.98. The van der Waals surface area contributed by atoms with E-state index in [1.54, 1.807) is 0 Å². The summed E-state index contributed by atoms with van der Waals surface area (Å²) in [4.78, 5) is 63.1. The molecule has 4 heterocycles. The number of oxime groups is 1.